The molecule has 0 aromatic rings. The normalized spacial score (nSPS) is 29.9. The fraction of sp³-hybridized carbons (Fsp3) is 0.917. The van der Waals surface area contributed by atoms with Crippen LogP contribution in [0.1, 0.15) is 54.9 Å². The molecule has 0 saturated heterocycles. The van der Waals surface area contributed by atoms with E-state index < -0.39 is 15.7 Å². The summed E-state index contributed by atoms with van der Waals surface area (Å²) in [4.78, 5) is 0. The lowest BCUT2D eigenvalue weighted by Gasteiger charge is -2.45. The molecule has 1 unspecified atom stereocenters. The molecule has 1 rings (SSSR count). The SMILES string of the molecule is CC(C)(C)C1=NS(=O)(=O)NC(C)(C(C)(C)C)C1. The second kappa shape index (κ2) is 3.79. The number of hydrogen-bond donors (Lipinski definition) is 1. The van der Waals surface area contributed by atoms with Crippen molar-refractivity contribution in [3.05, 3.63) is 0 Å². The Morgan fingerprint density at radius 2 is 1.65 bits per heavy atom. The molecule has 5 heteroatoms. The summed E-state index contributed by atoms with van der Waals surface area (Å²) in [7, 11) is -3.57. The van der Waals surface area contributed by atoms with Crippen LogP contribution in [0.2, 0.25) is 0 Å². The molecule has 1 atom stereocenters. The van der Waals surface area contributed by atoms with E-state index in [9.17, 15) is 8.42 Å². The van der Waals surface area contributed by atoms with Crippen molar-refractivity contribution in [1.29, 1.82) is 0 Å². The molecule has 17 heavy (non-hydrogen) atoms. The van der Waals surface area contributed by atoms with Crippen LogP contribution in [0.3, 0.4) is 0 Å². The third-order valence-corrected chi connectivity index (χ3v) is 4.80. The van der Waals surface area contributed by atoms with Gasteiger partial charge in [0.2, 0.25) is 0 Å². The van der Waals surface area contributed by atoms with Crippen molar-refractivity contribution < 1.29 is 8.42 Å². The zero-order valence-electron chi connectivity index (χ0n) is 11.9. The van der Waals surface area contributed by atoms with E-state index in [1.807, 2.05) is 48.5 Å². The average molecular weight is 260 g/mol. The zero-order chi connectivity index (χ0) is 13.7. The van der Waals surface area contributed by atoms with Crippen molar-refractivity contribution in [3.63, 3.8) is 0 Å². The van der Waals surface area contributed by atoms with E-state index in [0.717, 1.165) is 5.71 Å². The molecule has 0 bridgehead atoms. The maximum atomic E-state index is 11.9. The van der Waals surface area contributed by atoms with Crippen molar-refractivity contribution in [2.45, 2.75) is 60.4 Å². The standard InChI is InChI=1S/C12H24N2O2S/c1-10(2,3)9-8-12(7,11(4,5)6)14-17(15,16)13-9/h14H,8H2,1-7H3. The maximum absolute atomic E-state index is 11.9. The van der Waals surface area contributed by atoms with Gasteiger partial charge in [-0.15, -0.1) is 0 Å². The fourth-order valence-corrected chi connectivity index (χ4v) is 3.30. The van der Waals surface area contributed by atoms with Crippen molar-refractivity contribution in [2.75, 3.05) is 0 Å². The Kier molecular flexibility index (Phi) is 3.26. The molecule has 0 amide bonds. The molecule has 4 nitrogen and oxygen atoms in total. The molecule has 0 saturated carbocycles. The van der Waals surface area contributed by atoms with Gasteiger partial charge in [-0.1, -0.05) is 41.5 Å². The molecule has 0 aliphatic carbocycles. The molecule has 0 spiro atoms. The highest BCUT2D eigenvalue weighted by atomic mass is 32.2. The zero-order valence-corrected chi connectivity index (χ0v) is 12.7. The molecular formula is C12H24N2O2S. The highest BCUT2D eigenvalue weighted by molar-refractivity contribution is 7.88. The lowest BCUT2D eigenvalue weighted by atomic mass is 9.70. The molecule has 1 aliphatic heterocycles. The van der Waals surface area contributed by atoms with Crippen molar-refractivity contribution in [3.8, 4) is 0 Å². The number of nitrogens with zero attached hydrogens (tertiary/aromatic N) is 1. The molecule has 0 aromatic carbocycles. The van der Waals surface area contributed by atoms with Crippen LogP contribution in [0, 0.1) is 10.8 Å². The lowest BCUT2D eigenvalue weighted by molar-refractivity contribution is 0.188. The second-order valence-electron chi connectivity index (χ2n) is 7.12. The quantitative estimate of drug-likeness (QED) is 0.727. The minimum absolute atomic E-state index is 0.160. The highest BCUT2D eigenvalue weighted by Gasteiger charge is 2.46. The molecule has 0 aromatic heterocycles. The van der Waals surface area contributed by atoms with Gasteiger partial charge in [-0.2, -0.15) is 17.5 Å². The fourth-order valence-electron chi connectivity index (χ4n) is 1.68. The minimum atomic E-state index is -3.57. The first-order chi connectivity index (χ1) is 7.27. The molecule has 1 aliphatic rings. The Bertz CT molecular complexity index is 438. The molecule has 100 valence electrons. The first kappa shape index (κ1) is 14.6. The second-order valence-corrected chi connectivity index (χ2v) is 8.46. The predicted molar refractivity (Wildman–Crippen MR) is 71.4 cm³/mol. The summed E-state index contributed by atoms with van der Waals surface area (Å²) < 4.78 is 30.3. The lowest BCUT2D eigenvalue weighted by Crippen LogP contribution is -2.59. The summed E-state index contributed by atoms with van der Waals surface area (Å²) in [6.07, 6.45) is 0.652. The van der Waals surface area contributed by atoms with E-state index in [-0.39, 0.29) is 10.8 Å². The summed E-state index contributed by atoms with van der Waals surface area (Å²) >= 11 is 0. The third-order valence-electron chi connectivity index (χ3n) is 3.63. The van der Waals surface area contributed by atoms with Crippen LogP contribution in [0.4, 0.5) is 0 Å². The van der Waals surface area contributed by atoms with Crippen LogP contribution in [0.5, 0.6) is 0 Å². The van der Waals surface area contributed by atoms with E-state index in [0.29, 0.717) is 6.42 Å². The highest BCUT2D eigenvalue weighted by Crippen LogP contribution is 2.39. The summed E-state index contributed by atoms with van der Waals surface area (Å²) in [6, 6.07) is 0. The van der Waals surface area contributed by atoms with Crippen LogP contribution < -0.4 is 4.72 Å². The van der Waals surface area contributed by atoms with Gasteiger partial charge in [-0.3, -0.25) is 0 Å². The Morgan fingerprint density at radius 1 is 1.18 bits per heavy atom. The van der Waals surface area contributed by atoms with Crippen LogP contribution in [0.25, 0.3) is 0 Å². The van der Waals surface area contributed by atoms with Gasteiger partial charge in [0.25, 0.3) is 0 Å². The van der Waals surface area contributed by atoms with Gasteiger partial charge in [0.05, 0.1) is 0 Å². The van der Waals surface area contributed by atoms with E-state index in [1.165, 1.54) is 0 Å². The monoisotopic (exact) mass is 260 g/mol. The summed E-state index contributed by atoms with van der Waals surface area (Å²) in [5.41, 5.74) is -0.127. The Balaban J connectivity index is 3.29. The maximum Gasteiger partial charge on any atom is 0.320 e. The Morgan fingerprint density at radius 3 is 2.00 bits per heavy atom. The smallest absolute Gasteiger partial charge is 0.189 e. The molecular weight excluding hydrogens is 236 g/mol. The van der Waals surface area contributed by atoms with E-state index in [4.69, 9.17) is 0 Å². The van der Waals surface area contributed by atoms with E-state index in [1.54, 1.807) is 0 Å². The summed E-state index contributed by atoms with van der Waals surface area (Å²) in [5.74, 6) is 0. The van der Waals surface area contributed by atoms with Crippen LogP contribution in [-0.4, -0.2) is 19.7 Å². The first-order valence-corrected chi connectivity index (χ1v) is 7.34. The van der Waals surface area contributed by atoms with Crippen molar-refractivity contribution in [2.24, 2.45) is 15.2 Å². The van der Waals surface area contributed by atoms with E-state index in [2.05, 4.69) is 9.12 Å². The van der Waals surface area contributed by atoms with Gasteiger partial charge in [-0.05, 0) is 12.3 Å². The topological polar surface area (TPSA) is 58.5 Å². The summed E-state index contributed by atoms with van der Waals surface area (Å²) in [6.45, 7) is 14.1. The summed E-state index contributed by atoms with van der Waals surface area (Å²) in [5, 5.41) is 0. The third kappa shape index (κ3) is 3.07. The Labute approximate surface area is 105 Å². The molecule has 0 radical (unpaired) electrons. The van der Waals surface area contributed by atoms with Gasteiger partial charge >= 0.3 is 10.2 Å². The largest absolute Gasteiger partial charge is 0.320 e. The first-order valence-electron chi connectivity index (χ1n) is 5.90. The molecule has 1 heterocycles. The van der Waals surface area contributed by atoms with Gasteiger partial charge in [0, 0.05) is 23.1 Å². The number of nitrogens with one attached hydrogen (secondary N) is 1. The number of hydrogen-bond acceptors (Lipinski definition) is 2. The van der Waals surface area contributed by atoms with Crippen molar-refractivity contribution >= 4 is 15.9 Å². The predicted octanol–water partition coefficient (Wildman–Crippen LogP) is 2.52. The number of rotatable bonds is 0. The van der Waals surface area contributed by atoms with Gasteiger partial charge in [0.15, 0.2) is 0 Å². The minimum Gasteiger partial charge on any atom is -0.189 e. The van der Waals surface area contributed by atoms with Gasteiger partial charge in [-0.25, -0.2) is 0 Å². The molecule has 0 fully saturated rings. The van der Waals surface area contributed by atoms with Crippen molar-refractivity contribution in [1.82, 2.24) is 4.72 Å². The molecule has 1 N–H and O–H groups in total. The van der Waals surface area contributed by atoms with Crippen LogP contribution in [-0.2, 0) is 10.2 Å². The van der Waals surface area contributed by atoms with Gasteiger partial charge < -0.3 is 0 Å². The average Bonchev–Trinajstić information content (AvgIpc) is 1.95. The van der Waals surface area contributed by atoms with E-state index >= 15 is 0 Å². The van der Waals surface area contributed by atoms with Crippen LogP contribution >= 0.6 is 0 Å². The van der Waals surface area contributed by atoms with Crippen LogP contribution in [0.15, 0.2) is 4.40 Å². The van der Waals surface area contributed by atoms with Gasteiger partial charge in [0.1, 0.15) is 0 Å². The Hall–Kier alpha value is -0.420.